The molecule has 0 aliphatic carbocycles. The van der Waals surface area contributed by atoms with E-state index in [1.54, 1.807) is 6.08 Å². The van der Waals surface area contributed by atoms with Crippen LogP contribution in [0.2, 0.25) is 0 Å². The molecule has 0 spiro atoms. The minimum Gasteiger partial charge on any atom is -0.469 e. The van der Waals surface area contributed by atoms with Crippen LogP contribution in [0.3, 0.4) is 0 Å². The first-order chi connectivity index (χ1) is 8.54. The molecule has 0 amide bonds. The number of carbonyl (C=O) groups excluding carboxylic acids is 1. The number of esters is 1. The molecule has 0 aliphatic heterocycles. The molecule has 0 aromatic carbocycles. The van der Waals surface area contributed by atoms with Crippen molar-refractivity contribution in [2.75, 3.05) is 7.11 Å². The smallest absolute Gasteiger partial charge is 0.305 e. The highest BCUT2D eigenvalue weighted by molar-refractivity contribution is 5.99. The van der Waals surface area contributed by atoms with Crippen molar-refractivity contribution in [3.63, 3.8) is 0 Å². The number of hydrogen-bond donors (Lipinski definition) is 1. The largest absolute Gasteiger partial charge is 0.469 e. The van der Waals surface area contributed by atoms with E-state index in [4.69, 9.17) is 5.73 Å². The SMILES string of the molecule is C=C/C(=C\C=C/C)C(N)=NC(C)CCC(=O)OC. The zero-order chi connectivity index (χ0) is 14.0. The van der Waals surface area contributed by atoms with Crippen molar-refractivity contribution in [1.29, 1.82) is 0 Å². The van der Waals surface area contributed by atoms with Gasteiger partial charge in [0.25, 0.3) is 0 Å². The Labute approximate surface area is 109 Å². The third kappa shape index (κ3) is 6.68. The molecular weight excluding hydrogens is 228 g/mol. The normalized spacial score (nSPS) is 14.6. The molecule has 0 heterocycles. The number of carbonyl (C=O) groups is 1. The van der Waals surface area contributed by atoms with E-state index in [-0.39, 0.29) is 12.0 Å². The second kappa shape index (κ2) is 9.22. The lowest BCUT2D eigenvalue weighted by atomic mass is 10.1. The molecule has 0 aromatic rings. The van der Waals surface area contributed by atoms with E-state index in [1.165, 1.54) is 7.11 Å². The standard InChI is InChI=1S/C14H22N2O2/c1-5-7-8-12(6-2)14(15)16-11(3)9-10-13(17)18-4/h5-8,11H,2,9-10H2,1,3-4H3,(H2,15,16)/b7-5-,12-8+. The molecule has 18 heavy (non-hydrogen) atoms. The van der Waals surface area contributed by atoms with Crippen LogP contribution in [-0.2, 0) is 9.53 Å². The van der Waals surface area contributed by atoms with Crippen LogP contribution in [0.25, 0.3) is 0 Å². The summed E-state index contributed by atoms with van der Waals surface area (Å²) >= 11 is 0. The fraction of sp³-hybridized carbons (Fsp3) is 0.429. The molecule has 4 nitrogen and oxygen atoms in total. The number of rotatable bonds is 7. The molecule has 1 unspecified atom stereocenters. The average molecular weight is 250 g/mol. The Bertz CT molecular complexity index is 368. The van der Waals surface area contributed by atoms with Gasteiger partial charge in [0.2, 0.25) is 0 Å². The van der Waals surface area contributed by atoms with E-state index in [0.29, 0.717) is 18.7 Å². The van der Waals surface area contributed by atoms with E-state index in [9.17, 15) is 4.79 Å². The fourth-order valence-corrected chi connectivity index (χ4v) is 1.26. The maximum absolute atomic E-state index is 11.0. The van der Waals surface area contributed by atoms with E-state index in [1.807, 2.05) is 32.1 Å². The van der Waals surface area contributed by atoms with E-state index in [0.717, 1.165) is 5.57 Å². The van der Waals surface area contributed by atoms with E-state index in [2.05, 4.69) is 16.3 Å². The van der Waals surface area contributed by atoms with Crippen molar-refractivity contribution in [2.24, 2.45) is 10.7 Å². The van der Waals surface area contributed by atoms with Gasteiger partial charge in [-0.25, -0.2) is 0 Å². The zero-order valence-corrected chi connectivity index (χ0v) is 11.3. The summed E-state index contributed by atoms with van der Waals surface area (Å²) < 4.78 is 4.57. The van der Waals surface area contributed by atoms with Gasteiger partial charge in [0.15, 0.2) is 0 Å². The van der Waals surface area contributed by atoms with Crippen molar-refractivity contribution in [3.05, 3.63) is 36.5 Å². The first-order valence-electron chi connectivity index (χ1n) is 5.91. The van der Waals surface area contributed by atoms with Crippen LogP contribution in [-0.4, -0.2) is 25.0 Å². The van der Waals surface area contributed by atoms with Crippen molar-refractivity contribution in [1.82, 2.24) is 0 Å². The summed E-state index contributed by atoms with van der Waals surface area (Å²) in [4.78, 5) is 15.3. The number of hydrogen-bond acceptors (Lipinski definition) is 3. The van der Waals surface area contributed by atoms with Gasteiger partial charge in [-0.2, -0.15) is 0 Å². The van der Waals surface area contributed by atoms with Crippen molar-refractivity contribution < 1.29 is 9.53 Å². The van der Waals surface area contributed by atoms with Gasteiger partial charge >= 0.3 is 5.97 Å². The molecule has 0 saturated heterocycles. The third-order valence-electron chi connectivity index (χ3n) is 2.34. The van der Waals surface area contributed by atoms with Crippen LogP contribution in [0.5, 0.6) is 0 Å². The molecule has 0 aliphatic rings. The fourth-order valence-electron chi connectivity index (χ4n) is 1.26. The number of allylic oxidation sites excluding steroid dienone is 3. The number of amidine groups is 1. The summed E-state index contributed by atoms with van der Waals surface area (Å²) in [5, 5.41) is 0. The lowest BCUT2D eigenvalue weighted by Gasteiger charge is -2.08. The highest BCUT2D eigenvalue weighted by Gasteiger charge is 2.06. The lowest BCUT2D eigenvalue weighted by Crippen LogP contribution is -2.17. The van der Waals surface area contributed by atoms with E-state index < -0.39 is 0 Å². The summed E-state index contributed by atoms with van der Waals surface area (Å²) in [7, 11) is 1.38. The minimum absolute atomic E-state index is 0.0296. The Kier molecular flexibility index (Phi) is 8.27. The monoisotopic (exact) mass is 250 g/mol. The lowest BCUT2D eigenvalue weighted by molar-refractivity contribution is -0.140. The Hall–Kier alpha value is -1.84. The molecule has 100 valence electrons. The number of nitrogens with two attached hydrogens (primary N) is 1. The molecule has 0 rings (SSSR count). The van der Waals surface area contributed by atoms with Crippen LogP contribution in [0.1, 0.15) is 26.7 Å². The first-order valence-corrected chi connectivity index (χ1v) is 5.91. The highest BCUT2D eigenvalue weighted by atomic mass is 16.5. The molecule has 0 saturated carbocycles. The Balaban J connectivity index is 4.54. The summed E-state index contributed by atoms with van der Waals surface area (Å²) in [5.74, 6) is 0.199. The second-order valence-electron chi connectivity index (χ2n) is 3.83. The second-order valence-corrected chi connectivity index (χ2v) is 3.83. The van der Waals surface area contributed by atoms with Crippen molar-refractivity contribution >= 4 is 11.8 Å². The van der Waals surface area contributed by atoms with Gasteiger partial charge in [-0.05, 0) is 20.3 Å². The quantitative estimate of drug-likeness (QED) is 0.326. The predicted octanol–water partition coefficient (Wildman–Crippen LogP) is 2.37. The number of ether oxygens (including phenoxy) is 1. The van der Waals surface area contributed by atoms with Gasteiger partial charge in [-0.3, -0.25) is 9.79 Å². The molecule has 0 radical (unpaired) electrons. The maximum Gasteiger partial charge on any atom is 0.305 e. The summed E-state index contributed by atoms with van der Waals surface area (Å²) in [5.41, 5.74) is 6.65. The van der Waals surface area contributed by atoms with Crippen molar-refractivity contribution in [2.45, 2.75) is 32.7 Å². The first kappa shape index (κ1) is 16.2. The summed E-state index contributed by atoms with van der Waals surface area (Å²) in [6, 6.07) is -0.0296. The third-order valence-corrected chi connectivity index (χ3v) is 2.34. The van der Waals surface area contributed by atoms with Gasteiger partial charge in [0.1, 0.15) is 5.84 Å². The molecule has 0 bridgehead atoms. The Morgan fingerprint density at radius 2 is 2.22 bits per heavy atom. The summed E-state index contributed by atoms with van der Waals surface area (Å²) in [6.07, 6.45) is 8.23. The van der Waals surface area contributed by atoms with Crippen molar-refractivity contribution in [3.8, 4) is 0 Å². The summed E-state index contributed by atoms with van der Waals surface area (Å²) in [6.45, 7) is 7.52. The molecule has 0 aromatic heterocycles. The van der Waals surface area contributed by atoms with Crippen LogP contribution in [0, 0.1) is 0 Å². The van der Waals surface area contributed by atoms with Gasteiger partial charge in [0.05, 0.1) is 13.2 Å². The van der Waals surface area contributed by atoms with Gasteiger partial charge < -0.3 is 10.5 Å². The highest BCUT2D eigenvalue weighted by Crippen LogP contribution is 2.05. The molecule has 2 N–H and O–H groups in total. The van der Waals surface area contributed by atoms with Crippen LogP contribution < -0.4 is 5.73 Å². The molecule has 0 fully saturated rings. The molecule has 4 heteroatoms. The van der Waals surface area contributed by atoms with Gasteiger partial charge in [0, 0.05) is 12.0 Å². The zero-order valence-electron chi connectivity index (χ0n) is 11.3. The van der Waals surface area contributed by atoms with Crippen LogP contribution in [0.15, 0.2) is 41.4 Å². The van der Waals surface area contributed by atoms with Crippen LogP contribution in [0.4, 0.5) is 0 Å². The number of nitrogens with zero attached hydrogens (tertiary/aromatic N) is 1. The number of methoxy groups -OCH3 is 1. The van der Waals surface area contributed by atoms with Crippen LogP contribution >= 0.6 is 0 Å². The molecule has 1 atom stereocenters. The maximum atomic E-state index is 11.0. The molecular formula is C14H22N2O2. The minimum atomic E-state index is -0.232. The predicted molar refractivity (Wildman–Crippen MR) is 75.4 cm³/mol. The average Bonchev–Trinajstić information content (AvgIpc) is 2.36. The van der Waals surface area contributed by atoms with Gasteiger partial charge in [-0.1, -0.05) is 30.9 Å². The Morgan fingerprint density at radius 1 is 1.56 bits per heavy atom. The number of aliphatic imine (C=N–C) groups is 1. The van der Waals surface area contributed by atoms with Gasteiger partial charge in [-0.15, -0.1) is 0 Å². The van der Waals surface area contributed by atoms with E-state index >= 15 is 0 Å². The topological polar surface area (TPSA) is 64.7 Å². The Morgan fingerprint density at radius 3 is 2.72 bits per heavy atom.